The van der Waals surface area contributed by atoms with Crippen LogP contribution in [0.5, 0.6) is 5.88 Å². The second-order valence-corrected chi connectivity index (χ2v) is 4.77. The molecule has 0 bridgehead atoms. The van der Waals surface area contributed by atoms with E-state index in [4.69, 9.17) is 28.6 Å². The predicted octanol–water partition coefficient (Wildman–Crippen LogP) is 3.23. The third-order valence-corrected chi connectivity index (χ3v) is 3.23. The Labute approximate surface area is 128 Å². The van der Waals surface area contributed by atoms with Crippen LogP contribution < -0.4 is 15.4 Å². The van der Waals surface area contributed by atoms with E-state index in [1.54, 1.807) is 13.3 Å². The van der Waals surface area contributed by atoms with Gasteiger partial charge < -0.3 is 15.4 Å². The number of anilines is 1. The predicted molar refractivity (Wildman–Crippen MR) is 85.3 cm³/mol. The first-order chi connectivity index (χ1) is 9.70. The molecule has 2 aromatic rings. The third kappa shape index (κ3) is 3.82. The van der Waals surface area contributed by atoms with Crippen molar-refractivity contribution in [1.82, 2.24) is 10.3 Å². The minimum atomic E-state index is 0.483. The summed E-state index contributed by atoms with van der Waals surface area (Å²) in [4.78, 5) is 4.09. The van der Waals surface area contributed by atoms with Gasteiger partial charge in [-0.25, -0.2) is 4.98 Å². The second-order valence-electron chi connectivity index (χ2n) is 3.96. The zero-order valence-corrected chi connectivity index (χ0v) is 12.5. The number of pyridine rings is 1. The highest BCUT2D eigenvalue weighted by molar-refractivity contribution is 7.80. The summed E-state index contributed by atoms with van der Waals surface area (Å²) >= 11 is 11.3. The minimum absolute atomic E-state index is 0.483. The van der Waals surface area contributed by atoms with Gasteiger partial charge in [0, 0.05) is 17.8 Å². The Bertz CT molecular complexity index is 606. The van der Waals surface area contributed by atoms with Crippen molar-refractivity contribution in [3.05, 3.63) is 53.2 Å². The molecule has 2 rings (SSSR count). The normalized spacial score (nSPS) is 9.90. The molecule has 1 heterocycles. The molecule has 0 spiro atoms. The van der Waals surface area contributed by atoms with Crippen molar-refractivity contribution in [3.63, 3.8) is 0 Å². The van der Waals surface area contributed by atoms with Crippen LogP contribution in [0.4, 0.5) is 5.69 Å². The third-order valence-electron chi connectivity index (χ3n) is 2.61. The van der Waals surface area contributed by atoms with Crippen LogP contribution in [-0.2, 0) is 6.54 Å². The summed E-state index contributed by atoms with van der Waals surface area (Å²) in [5.41, 5.74) is 1.70. The molecule has 0 unspecified atom stereocenters. The quantitative estimate of drug-likeness (QED) is 0.849. The molecule has 0 fully saturated rings. The van der Waals surface area contributed by atoms with Crippen molar-refractivity contribution in [3.8, 4) is 5.88 Å². The number of methoxy groups -OCH3 is 1. The van der Waals surface area contributed by atoms with Crippen molar-refractivity contribution in [2.75, 3.05) is 12.4 Å². The van der Waals surface area contributed by atoms with Crippen LogP contribution in [-0.4, -0.2) is 17.2 Å². The fourth-order valence-electron chi connectivity index (χ4n) is 1.63. The number of thiocarbonyl (C=S) groups is 1. The fourth-order valence-corrected chi connectivity index (χ4v) is 2.02. The molecule has 4 nitrogen and oxygen atoms in total. The molecule has 0 amide bonds. The molecule has 0 saturated carbocycles. The lowest BCUT2D eigenvalue weighted by molar-refractivity contribution is 0.400. The van der Waals surface area contributed by atoms with Gasteiger partial charge in [-0.3, -0.25) is 0 Å². The minimum Gasteiger partial charge on any atom is -0.480 e. The number of rotatable bonds is 4. The van der Waals surface area contributed by atoms with E-state index in [1.165, 1.54) is 0 Å². The van der Waals surface area contributed by atoms with Crippen molar-refractivity contribution in [2.45, 2.75) is 6.54 Å². The average molecular weight is 308 g/mol. The highest BCUT2D eigenvalue weighted by Crippen LogP contribution is 2.19. The largest absolute Gasteiger partial charge is 0.480 e. The van der Waals surface area contributed by atoms with Crippen LogP contribution >= 0.6 is 23.8 Å². The first-order valence-corrected chi connectivity index (χ1v) is 6.76. The monoisotopic (exact) mass is 307 g/mol. The number of hydrogen-bond acceptors (Lipinski definition) is 3. The molecule has 0 aliphatic carbocycles. The van der Waals surface area contributed by atoms with Gasteiger partial charge in [0.15, 0.2) is 5.11 Å². The van der Waals surface area contributed by atoms with Gasteiger partial charge >= 0.3 is 0 Å². The van der Waals surface area contributed by atoms with E-state index in [9.17, 15) is 0 Å². The number of nitrogens with one attached hydrogen (secondary N) is 2. The summed E-state index contributed by atoms with van der Waals surface area (Å²) in [5.74, 6) is 0.495. The maximum absolute atomic E-state index is 6.08. The summed E-state index contributed by atoms with van der Waals surface area (Å²) in [7, 11) is 1.56. The van der Waals surface area contributed by atoms with Gasteiger partial charge in [-0.2, -0.15) is 0 Å². The number of nitrogens with zero attached hydrogens (tertiary/aromatic N) is 1. The van der Waals surface area contributed by atoms with Crippen LogP contribution in [0.2, 0.25) is 5.02 Å². The molecular weight excluding hydrogens is 294 g/mol. The number of halogens is 1. The van der Waals surface area contributed by atoms with E-state index in [-0.39, 0.29) is 0 Å². The SMILES string of the molecule is COc1ncccc1NC(=S)NCc1ccccc1Cl. The summed E-state index contributed by atoms with van der Waals surface area (Å²) in [6.45, 7) is 0.550. The zero-order chi connectivity index (χ0) is 14.4. The number of benzene rings is 1. The average Bonchev–Trinajstić information content (AvgIpc) is 2.47. The topological polar surface area (TPSA) is 46.2 Å². The van der Waals surface area contributed by atoms with Crippen molar-refractivity contribution in [2.24, 2.45) is 0 Å². The molecule has 0 atom stereocenters. The van der Waals surface area contributed by atoms with Crippen molar-refractivity contribution < 1.29 is 4.74 Å². The standard InChI is InChI=1S/C14H14ClN3OS/c1-19-13-12(7-4-8-16-13)18-14(20)17-9-10-5-2-3-6-11(10)15/h2-8H,9H2,1H3,(H2,17,18,20). The maximum atomic E-state index is 6.08. The zero-order valence-electron chi connectivity index (χ0n) is 10.9. The van der Waals surface area contributed by atoms with E-state index >= 15 is 0 Å². The number of ether oxygens (including phenoxy) is 1. The Morgan fingerprint density at radius 3 is 2.85 bits per heavy atom. The summed E-state index contributed by atoms with van der Waals surface area (Å²) in [5, 5.41) is 7.33. The number of aromatic nitrogens is 1. The van der Waals surface area contributed by atoms with Gasteiger partial charge in [0.05, 0.1) is 7.11 Å². The maximum Gasteiger partial charge on any atom is 0.237 e. The van der Waals surface area contributed by atoms with Crippen LogP contribution in [0.1, 0.15) is 5.56 Å². The van der Waals surface area contributed by atoms with Gasteiger partial charge in [-0.1, -0.05) is 29.8 Å². The van der Waals surface area contributed by atoms with Gasteiger partial charge in [-0.05, 0) is 36.0 Å². The molecule has 6 heteroatoms. The molecule has 104 valence electrons. The highest BCUT2D eigenvalue weighted by Gasteiger charge is 2.05. The summed E-state index contributed by atoms with van der Waals surface area (Å²) in [6.07, 6.45) is 1.66. The lowest BCUT2D eigenvalue weighted by Crippen LogP contribution is -2.28. The first kappa shape index (κ1) is 14.6. The first-order valence-electron chi connectivity index (χ1n) is 5.98. The Morgan fingerprint density at radius 1 is 1.30 bits per heavy atom. The van der Waals surface area contributed by atoms with Crippen LogP contribution in [0, 0.1) is 0 Å². The van der Waals surface area contributed by atoms with E-state index in [0.717, 1.165) is 5.56 Å². The molecule has 0 saturated heterocycles. The summed E-state index contributed by atoms with van der Waals surface area (Å²) < 4.78 is 5.15. The van der Waals surface area contributed by atoms with Crippen LogP contribution in [0.3, 0.4) is 0 Å². The Balaban J connectivity index is 1.95. The smallest absolute Gasteiger partial charge is 0.237 e. The van der Waals surface area contributed by atoms with Crippen LogP contribution in [0.15, 0.2) is 42.6 Å². The van der Waals surface area contributed by atoms with Gasteiger partial charge in [0.1, 0.15) is 5.69 Å². The molecule has 0 aliphatic rings. The molecule has 0 radical (unpaired) electrons. The van der Waals surface area contributed by atoms with E-state index < -0.39 is 0 Å². The molecule has 2 N–H and O–H groups in total. The Morgan fingerprint density at radius 2 is 2.10 bits per heavy atom. The fraction of sp³-hybridized carbons (Fsp3) is 0.143. The van der Waals surface area contributed by atoms with E-state index in [2.05, 4.69) is 15.6 Å². The molecule has 0 aliphatic heterocycles. The lowest BCUT2D eigenvalue weighted by atomic mass is 10.2. The van der Waals surface area contributed by atoms with Gasteiger partial charge in [0.25, 0.3) is 0 Å². The van der Waals surface area contributed by atoms with Crippen molar-refractivity contribution in [1.29, 1.82) is 0 Å². The van der Waals surface area contributed by atoms with Gasteiger partial charge in [0.2, 0.25) is 5.88 Å². The summed E-state index contributed by atoms with van der Waals surface area (Å²) in [6, 6.07) is 11.3. The van der Waals surface area contributed by atoms with E-state index in [1.807, 2.05) is 36.4 Å². The second kappa shape index (κ2) is 7.07. The Hall–Kier alpha value is -1.85. The molecule has 1 aromatic carbocycles. The molecule has 20 heavy (non-hydrogen) atoms. The van der Waals surface area contributed by atoms with Crippen molar-refractivity contribution >= 4 is 34.6 Å². The number of hydrogen-bond donors (Lipinski definition) is 2. The molecule has 1 aromatic heterocycles. The van der Waals surface area contributed by atoms with E-state index in [0.29, 0.717) is 28.2 Å². The van der Waals surface area contributed by atoms with Crippen LogP contribution in [0.25, 0.3) is 0 Å². The highest BCUT2D eigenvalue weighted by atomic mass is 35.5. The molecular formula is C14H14ClN3OS. The lowest BCUT2D eigenvalue weighted by Gasteiger charge is -2.13. The Kier molecular flexibility index (Phi) is 5.15. The van der Waals surface area contributed by atoms with Gasteiger partial charge in [-0.15, -0.1) is 0 Å².